The number of aliphatic hydroxyl groups is 2. The number of ketones is 1. The molecular weight excluding hydrogens is 750 g/mol. The number of hydrogen-bond acceptors (Lipinski definition) is 14. The molecule has 15 nitrogen and oxygen atoms in total. The second-order valence-corrected chi connectivity index (χ2v) is 15.6. The molecule has 9 atom stereocenters. The first-order valence-corrected chi connectivity index (χ1v) is 19.1. The summed E-state index contributed by atoms with van der Waals surface area (Å²) in [7, 11) is 1.41. The lowest BCUT2D eigenvalue weighted by Gasteiger charge is -2.38. The predicted octanol–water partition coefficient (Wildman–Crippen LogP) is 5.32. The SMILES string of the molecule is CO[C@H]1/C=C/O[C@@]2(C)Oc3c(C)c(O)c4c(O)c(c(SCCC(=O)O)c(O)c4c3C2=O)NC(=O)/C(C)=C\C=C\[C@@H](C)[C@H](O)[C@@H](C)[C@H](O)[C@H](C)[C@H](OC(C)=O)[C@H]1C. The van der Waals surface area contributed by atoms with Gasteiger partial charge in [0, 0.05) is 66.9 Å². The number of ether oxygens (including phenoxy) is 4. The summed E-state index contributed by atoms with van der Waals surface area (Å²) in [4.78, 5) is 51.3. The minimum atomic E-state index is -2.08. The predicted molar refractivity (Wildman–Crippen MR) is 207 cm³/mol. The van der Waals surface area contributed by atoms with Crippen LogP contribution in [0.2, 0.25) is 0 Å². The topological polar surface area (TPSA) is 239 Å². The number of thioether (sulfide) groups is 1. The Kier molecular flexibility index (Phi) is 13.8. The molecule has 0 saturated heterocycles. The summed E-state index contributed by atoms with van der Waals surface area (Å²) in [5.41, 5.74) is -0.457. The van der Waals surface area contributed by atoms with Crippen molar-refractivity contribution in [1.82, 2.24) is 0 Å². The van der Waals surface area contributed by atoms with Crippen LogP contribution in [0.4, 0.5) is 5.69 Å². The minimum Gasteiger partial charge on any atom is -0.507 e. The van der Waals surface area contributed by atoms with Crippen LogP contribution in [0.15, 0.2) is 41.0 Å². The molecule has 2 aromatic carbocycles. The lowest BCUT2D eigenvalue weighted by Crippen LogP contribution is -2.46. The van der Waals surface area contributed by atoms with Crippen molar-refractivity contribution >= 4 is 51.9 Å². The summed E-state index contributed by atoms with van der Waals surface area (Å²) < 4.78 is 23.3. The van der Waals surface area contributed by atoms with Crippen molar-refractivity contribution in [2.45, 2.75) is 96.9 Å². The summed E-state index contributed by atoms with van der Waals surface area (Å²) in [5, 5.41) is 68.8. The second-order valence-electron chi connectivity index (χ2n) is 14.5. The molecule has 0 saturated carbocycles. The molecule has 3 heterocycles. The fourth-order valence-corrected chi connectivity index (χ4v) is 8.09. The average Bonchev–Trinajstić information content (AvgIpc) is 3.41. The number of aliphatic hydroxyl groups excluding tert-OH is 2. The number of nitrogens with one attached hydrogen (secondary N) is 1. The van der Waals surface area contributed by atoms with Gasteiger partial charge in [0.15, 0.2) is 5.75 Å². The minimum absolute atomic E-state index is 0.00726. The Bertz CT molecular complexity index is 1970. The Morgan fingerprint density at radius 2 is 1.61 bits per heavy atom. The van der Waals surface area contributed by atoms with Gasteiger partial charge in [-0.3, -0.25) is 19.2 Å². The summed E-state index contributed by atoms with van der Waals surface area (Å²) in [5.74, 6) is -10.1. The molecule has 3 aliphatic heterocycles. The maximum Gasteiger partial charge on any atom is 0.312 e. The molecule has 0 aliphatic carbocycles. The maximum atomic E-state index is 14.3. The fraction of sp³-hybridized carbons (Fsp3) is 0.500. The third kappa shape index (κ3) is 8.62. The zero-order chi connectivity index (χ0) is 42.0. The van der Waals surface area contributed by atoms with E-state index in [-0.39, 0.29) is 56.0 Å². The highest BCUT2D eigenvalue weighted by molar-refractivity contribution is 7.99. The number of phenolic OH excluding ortho intramolecular Hbond substituents is 3. The van der Waals surface area contributed by atoms with Crippen LogP contribution in [-0.2, 0) is 28.6 Å². The van der Waals surface area contributed by atoms with Crippen LogP contribution >= 0.6 is 11.8 Å². The molecule has 306 valence electrons. The van der Waals surface area contributed by atoms with Crippen LogP contribution < -0.4 is 10.1 Å². The highest BCUT2D eigenvalue weighted by Crippen LogP contribution is 2.57. The number of carboxylic acids is 1. The van der Waals surface area contributed by atoms with Crippen molar-refractivity contribution in [3.8, 4) is 23.0 Å². The highest BCUT2D eigenvalue weighted by Gasteiger charge is 2.50. The van der Waals surface area contributed by atoms with Crippen LogP contribution in [0.1, 0.15) is 70.8 Å². The Labute approximate surface area is 329 Å². The van der Waals surface area contributed by atoms with Crippen LogP contribution in [0.3, 0.4) is 0 Å². The molecule has 0 aromatic heterocycles. The van der Waals surface area contributed by atoms with Crippen molar-refractivity contribution in [3.05, 3.63) is 47.3 Å². The number of aromatic hydroxyl groups is 3. The number of rotatable bonds is 6. The Morgan fingerprint density at radius 3 is 2.21 bits per heavy atom. The number of fused-ring (bicyclic) bond motifs is 14. The molecule has 56 heavy (non-hydrogen) atoms. The van der Waals surface area contributed by atoms with Crippen LogP contribution in [0.25, 0.3) is 10.8 Å². The second kappa shape index (κ2) is 17.6. The molecule has 3 aliphatic rings. The summed E-state index contributed by atoms with van der Waals surface area (Å²) in [6, 6.07) is 0. The van der Waals surface area contributed by atoms with Crippen molar-refractivity contribution in [2.24, 2.45) is 23.7 Å². The monoisotopic (exact) mass is 801 g/mol. The smallest absolute Gasteiger partial charge is 0.312 e. The number of methoxy groups -OCH3 is 1. The third-order valence-corrected chi connectivity index (χ3v) is 11.6. The average molecular weight is 802 g/mol. The van der Waals surface area contributed by atoms with E-state index in [0.29, 0.717) is 0 Å². The van der Waals surface area contributed by atoms with Crippen LogP contribution in [0.5, 0.6) is 23.0 Å². The van der Waals surface area contributed by atoms with Gasteiger partial charge in [-0.1, -0.05) is 45.9 Å². The van der Waals surface area contributed by atoms with E-state index in [4.69, 9.17) is 18.9 Å². The number of carbonyl (C=O) groups excluding carboxylic acids is 3. The van der Waals surface area contributed by atoms with Crippen LogP contribution in [0, 0.1) is 30.6 Å². The van der Waals surface area contributed by atoms with Gasteiger partial charge in [0.2, 0.25) is 0 Å². The van der Waals surface area contributed by atoms with E-state index in [0.717, 1.165) is 18.0 Å². The number of carbonyl (C=O) groups is 4. The zero-order valence-electron chi connectivity index (χ0n) is 32.8. The number of esters is 1. The molecule has 5 rings (SSSR count). The van der Waals surface area contributed by atoms with Crippen molar-refractivity contribution in [3.63, 3.8) is 0 Å². The number of aliphatic carboxylic acids is 1. The number of Topliss-reactive ketones (excluding diaryl/α,β-unsaturated/α-hetero) is 1. The van der Waals surface area contributed by atoms with Crippen molar-refractivity contribution < 1.29 is 68.8 Å². The van der Waals surface area contributed by atoms with Gasteiger partial charge in [-0.25, -0.2) is 0 Å². The van der Waals surface area contributed by atoms with Crippen molar-refractivity contribution in [2.75, 3.05) is 18.2 Å². The third-order valence-electron chi connectivity index (χ3n) is 10.5. The summed E-state index contributed by atoms with van der Waals surface area (Å²) in [6.45, 7) is 12.2. The normalized spacial score (nSPS) is 30.9. The van der Waals surface area contributed by atoms with Gasteiger partial charge >= 0.3 is 17.7 Å². The van der Waals surface area contributed by atoms with Gasteiger partial charge in [-0.05, 0) is 19.9 Å². The van der Waals surface area contributed by atoms with E-state index in [1.807, 2.05) is 0 Å². The molecule has 2 aromatic rings. The number of benzene rings is 2. The Hall–Kier alpha value is -4.77. The number of phenols is 3. The number of carboxylic acid groups (broad SMARTS) is 1. The van der Waals surface area contributed by atoms with Crippen molar-refractivity contribution in [1.29, 1.82) is 0 Å². The van der Waals surface area contributed by atoms with E-state index in [1.54, 1.807) is 33.8 Å². The van der Waals surface area contributed by atoms with E-state index in [2.05, 4.69) is 5.32 Å². The van der Waals surface area contributed by atoms with Gasteiger partial charge in [0.25, 0.3) is 11.7 Å². The van der Waals surface area contributed by atoms with Gasteiger partial charge in [-0.15, -0.1) is 11.8 Å². The quantitative estimate of drug-likeness (QED) is 0.0847. The largest absolute Gasteiger partial charge is 0.507 e. The van der Waals surface area contributed by atoms with E-state index >= 15 is 0 Å². The number of allylic oxidation sites excluding steroid dienone is 2. The number of hydrogen-bond donors (Lipinski definition) is 7. The maximum absolute atomic E-state index is 14.3. The zero-order valence-corrected chi connectivity index (χ0v) is 33.6. The number of amides is 1. The van der Waals surface area contributed by atoms with Gasteiger partial charge in [-0.2, -0.15) is 0 Å². The van der Waals surface area contributed by atoms with E-state index < -0.39 is 94.8 Å². The first-order chi connectivity index (χ1) is 26.2. The first-order valence-electron chi connectivity index (χ1n) is 18.1. The molecule has 7 N–H and O–H groups in total. The van der Waals surface area contributed by atoms with E-state index in [1.165, 1.54) is 53.0 Å². The van der Waals surface area contributed by atoms with Gasteiger partial charge in [0.1, 0.15) is 29.0 Å². The van der Waals surface area contributed by atoms with E-state index in [9.17, 15) is 49.8 Å². The fourth-order valence-electron chi connectivity index (χ4n) is 7.08. The molecule has 5 bridgehead atoms. The molecular formula is C40H51NO14S. The lowest BCUT2D eigenvalue weighted by molar-refractivity contribution is -0.160. The molecule has 0 fully saturated rings. The highest BCUT2D eigenvalue weighted by atomic mass is 32.2. The molecule has 0 radical (unpaired) electrons. The summed E-state index contributed by atoms with van der Waals surface area (Å²) in [6.07, 6.45) is 2.89. The molecule has 0 unspecified atom stereocenters. The molecule has 1 amide bonds. The summed E-state index contributed by atoms with van der Waals surface area (Å²) >= 11 is 0.794. The standard InChI is InChI=1S/C40H51NO14S/c1-17-11-10-12-18(2)39(51)41-29-33(48)27-26(34(49)37(29)56-16-14-25(43)44)28-36(22(6)32(27)47)55-40(8,38(28)50)53-15-13-24(52-9)19(3)35(54-23(7)42)21(5)31(46)20(4)30(17)45/h10-13,15,17,19-21,24,30-31,35,45-49H,14,16H2,1-9H3,(H,41,51)(H,43,44)/b11-10+,15-13+,18-12-/t17-,19+,20-,21+,24+,30+,31+,35-,40+/m1/s1. The number of anilines is 1. The molecule has 16 heteroatoms. The van der Waals surface area contributed by atoms with Gasteiger partial charge in [0.05, 0.1) is 46.8 Å². The first kappa shape index (κ1) is 44.0. The Morgan fingerprint density at radius 1 is 0.946 bits per heavy atom. The lowest BCUT2D eigenvalue weighted by atomic mass is 9.78. The Balaban J connectivity index is 1.96. The van der Waals surface area contributed by atoms with Gasteiger partial charge < -0.3 is 54.9 Å². The van der Waals surface area contributed by atoms with Crippen LogP contribution in [-0.4, -0.2) is 97.3 Å². The molecule has 0 spiro atoms.